The van der Waals surface area contributed by atoms with Crippen molar-refractivity contribution >= 4 is 14.4 Å². The van der Waals surface area contributed by atoms with Crippen molar-refractivity contribution < 1.29 is 14.0 Å². The van der Waals surface area contributed by atoms with E-state index in [4.69, 9.17) is 9.16 Å². The zero-order valence-corrected chi connectivity index (χ0v) is 21.1. The first-order valence-electron chi connectivity index (χ1n) is 11.3. The van der Waals surface area contributed by atoms with Gasteiger partial charge in [0.1, 0.15) is 12.4 Å². The lowest BCUT2D eigenvalue weighted by Crippen LogP contribution is -2.49. The Morgan fingerprint density at radius 2 is 1.71 bits per heavy atom. The monoisotopic (exact) mass is 441 g/mol. The third kappa shape index (κ3) is 5.51. The van der Waals surface area contributed by atoms with E-state index in [-0.39, 0.29) is 18.7 Å². The second-order valence-electron chi connectivity index (χ2n) is 9.21. The Morgan fingerprint density at radius 3 is 2.23 bits per heavy atom. The van der Waals surface area contributed by atoms with Crippen LogP contribution >= 0.6 is 0 Å². The number of hydrogen-bond donors (Lipinski definition) is 0. The second kappa shape index (κ2) is 10.8. The van der Waals surface area contributed by atoms with Gasteiger partial charge in [0.05, 0.1) is 6.04 Å². The molecule has 2 rings (SSSR count). The summed E-state index contributed by atoms with van der Waals surface area (Å²) in [6, 6.07) is 9.41. The van der Waals surface area contributed by atoms with Crippen LogP contribution in [0.3, 0.4) is 0 Å². The van der Waals surface area contributed by atoms with Gasteiger partial charge >= 0.3 is 6.09 Å². The van der Waals surface area contributed by atoms with E-state index >= 15 is 0 Å². The zero-order chi connectivity index (χ0) is 23.2. The number of ether oxygens (including phenoxy) is 1. The molecule has 1 heterocycles. The van der Waals surface area contributed by atoms with Crippen LogP contribution < -0.4 is 0 Å². The van der Waals surface area contributed by atoms with Crippen molar-refractivity contribution in [1.29, 1.82) is 0 Å². The minimum atomic E-state index is -2.13. The van der Waals surface area contributed by atoms with Crippen molar-refractivity contribution in [1.82, 2.24) is 4.90 Å². The van der Waals surface area contributed by atoms with E-state index in [1.54, 1.807) is 11.0 Å². The van der Waals surface area contributed by atoms with Crippen molar-refractivity contribution in [2.24, 2.45) is 0 Å². The second-order valence-corrected chi connectivity index (χ2v) is 14.6. The van der Waals surface area contributed by atoms with Gasteiger partial charge in [0.2, 0.25) is 0 Å². The van der Waals surface area contributed by atoms with Gasteiger partial charge in [0.25, 0.3) is 8.32 Å². The number of nitrogens with zero attached hydrogens (tertiary/aromatic N) is 1. The summed E-state index contributed by atoms with van der Waals surface area (Å²) < 4.78 is 12.4. The summed E-state index contributed by atoms with van der Waals surface area (Å²) in [4.78, 5) is 14.6. The maximum atomic E-state index is 12.9. The average Bonchev–Trinajstić information content (AvgIpc) is 2.74. The molecule has 0 fully saturated rings. The van der Waals surface area contributed by atoms with Gasteiger partial charge < -0.3 is 9.16 Å². The lowest BCUT2D eigenvalue weighted by Gasteiger charge is -2.44. The lowest BCUT2D eigenvalue weighted by molar-refractivity contribution is 0.0899. The Kier molecular flexibility index (Phi) is 8.75. The normalized spacial score (nSPS) is 17.0. The highest BCUT2D eigenvalue weighted by atomic mass is 28.4. The molecule has 1 atom stereocenters. The van der Waals surface area contributed by atoms with Gasteiger partial charge in [-0.25, -0.2) is 4.79 Å². The van der Waals surface area contributed by atoms with Crippen LogP contribution in [0.5, 0.6) is 0 Å². The van der Waals surface area contributed by atoms with Crippen molar-refractivity contribution in [3.63, 3.8) is 0 Å². The minimum Gasteiger partial charge on any atom is -0.543 e. The molecule has 0 N–H and O–H groups in total. The van der Waals surface area contributed by atoms with Crippen LogP contribution in [0.4, 0.5) is 4.79 Å². The first kappa shape index (κ1) is 25.0. The smallest absolute Gasteiger partial charge is 0.410 e. The van der Waals surface area contributed by atoms with Crippen molar-refractivity contribution in [2.45, 2.75) is 77.2 Å². The number of amides is 1. The molecule has 1 amide bonds. The fraction of sp³-hybridized carbons (Fsp3) is 0.500. The molecular formula is C26H39NO3Si. The Morgan fingerprint density at radius 1 is 1.13 bits per heavy atom. The Hall–Kier alpha value is -2.27. The molecule has 1 aromatic carbocycles. The molecule has 170 valence electrons. The standard InChI is InChI=1S/C26H39NO3Si/c1-9-25-24(22(8)30-31(19(2)3,20(4)5)21(6)7)16-13-17-27(25)26(28)29-18-23-14-11-10-12-15-23/h9-12,14-16,19-21,25H,1,8,13,17-18H2,2-7H3. The molecule has 5 heteroatoms. The van der Waals surface area contributed by atoms with Gasteiger partial charge in [-0.15, -0.1) is 6.58 Å². The summed E-state index contributed by atoms with van der Waals surface area (Å²) in [5.41, 5.74) is 3.23. The van der Waals surface area contributed by atoms with Crippen LogP contribution in [0, 0.1) is 0 Å². The molecular weight excluding hydrogens is 402 g/mol. The lowest BCUT2D eigenvalue weighted by atomic mass is 9.99. The number of rotatable bonds is 9. The van der Waals surface area contributed by atoms with E-state index < -0.39 is 8.32 Å². The Balaban J connectivity index is 2.18. The van der Waals surface area contributed by atoms with Crippen LogP contribution in [0.1, 0.15) is 53.5 Å². The average molecular weight is 442 g/mol. The molecule has 0 spiro atoms. The predicted molar refractivity (Wildman–Crippen MR) is 131 cm³/mol. The highest BCUT2D eigenvalue weighted by Gasteiger charge is 2.48. The molecule has 4 nitrogen and oxygen atoms in total. The number of benzene rings is 1. The quantitative estimate of drug-likeness (QED) is 0.231. The third-order valence-corrected chi connectivity index (χ3v) is 12.4. The highest BCUT2D eigenvalue weighted by molar-refractivity contribution is 6.77. The Labute approximate surface area is 189 Å². The van der Waals surface area contributed by atoms with E-state index in [1.807, 2.05) is 30.3 Å². The van der Waals surface area contributed by atoms with E-state index in [2.05, 4.69) is 60.8 Å². The maximum Gasteiger partial charge on any atom is 0.410 e. The number of carbonyl (C=O) groups is 1. The summed E-state index contributed by atoms with van der Waals surface area (Å²) in [6.07, 6.45) is 4.32. The van der Waals surface area contributed by atoms with E-state index in [0.29, 0.717) is 28.9 Å². The fourth-order valence-corrected chi connectivity index (χ4v) is 10.2. The first-order valence-corrected chi connectivity index (χ1v) is 13.5. The van der Waals surface area contributed by atoms with Gasteiger partial charge in [-0.05, 0) is 28.6 Å². The Bertz CT molecular complexity index is 776. The van der Waals surface area contributed by atoms with Crippen molar-refractivity contribution in [3.8, 4) is 0 Å². The molecule has 0 bridgehead atoms. The predicted octanol–water partition coefficient (Wildman–Crippen LogP) is 7.22. The van der Waals surface area contributed by atoms with Gasteiger partial charge in [-0.2, -0.15) is 0 Å². The SMILES string of the molecule is C=CC1C(C(=C)O[Si](C(C)C)(C(C)C)C(C)C)=CCCN1C(=O)OCc1ccccc1. The van der Waals surface area contributed by atoms with E-state index in [9.17, 15) is 4.79 Å². The number of hydrogen-bond acceptors (Lipinski definition) is 3. The van der Waals surface area contributed by atoms with Gasteiger partial charge in [0, 0.05) is 12.1 Å². The molecule has 0 aliphatic carbocycles. The van der Waals surface area contributed by atoms with Crippen LogP contribution in [0.15, 0.2) is 67.0 Å². The zero-order valence-electron chi connectivity index (χ0n) is 20.1. The van der Waals surface area contributed by atoms with E-state index in [0.717, 1.165) is 17.6 Å². The molecule has 1 aliphatic heterocycles. The van der Waals surface area contributed by atoms with Gasteiger partial charge in [0.15, 0.2) is 0 Å². The van der Waals surface area contributed by atoms with Crippen LogP contribution in [0.2, 0.25) is 16.6 Å². The molecule has 0 saturated carbocycles. The topological polar surface area (TPSA) is 38.8 Å². The van der Waals surface area contributed by atoms with Gasteiger partial charge in [-0.3, -0.25) is 4.90 Å². The largest absolute Gasteiger partial charge is 0.543 e. The van der Waals surface area contributed by atoms with Crippen LogP contribution in [0.25, 0.3) is 0 Å². The molecule has 1 aromatic rings. The first-order chi connectivity index (χ1) is 14.6. The van der Waals surface area contributed by atoms with Crippen molar-refractivity contribution in [3.05, 3.63) is 72.5 Å². The minimum absolute atomic E-state index is 0.251. The van der Waals surface area contributed by atoms with E-state index in [1.165, 1.54) is 0 Å². The molecule has 0 saturated heterocycles. The summed E-state index contributed by atoms with van der Waals surface area (Å²) >= 11 is 0. The van der Waals surface area contributed by atoms with Crippen LogP contribution in [-0.4, -0.2) is 31.9 Å². The van der Waals surface area contributed by atoms with Crippen LogP contribution in [-0.2, 0) is 15.8 Å². The highest BCUT2D eigenvalue weighted by Crippen LogP contribution is 2.44. The summed E-state index contributed by atoms with van der Waals surface area (Å²) in [7, 11) is -2.13. The molecule has 1 unspecified atom stereocenters. The third-order valence-electron chi connectivity index (χ3n) is 6.38. The summed E-state index contributed by atoms with van der Waals surface area (Å²) in [5.74, 6) is 0.674. The molecule has 31 heavy (non-hydrogen) atoms. The summed E-state index contributed by atoms with van der Waals surface area (Å²) in [6.45, 7) is 22.7. The molecule has 0 radical (unpaired) electrons. The maximum absolute atomic E-state index is 12.9. The molecule has 1 aliphatic rings. The van der Waals surface area contributed by atoms with Crippen molar-refractivity contribution in [2.75, 3.05) is 6.54 Å². The van der Waals surface area contributed by atoms with Gasteiger partial charge in [-0.1, -0.05) is 90.6 Å². The number of carbonyl (C=O) groups excluding carboxylic acids is 1. The summed E-state index contributed by atoms with van der Waals surface area (Å²) in [5, 5.41) is 0. The molecule has 0 aromatic heterocycles. The fourth-order valence-electron chi connectivity index (χ4n) is 4.95.